The average Bonchev–Trinajstić information content (AvgIpc) is 3.52. The summed E-state index contributed by atoms with van der Waals surface area (Å²) in [5.74, 6) is 1.45. The van der Waals surface area contributed by atoms with Crippen molar-refractivity contribution in [3.63, 3.8) is 0 Å². The van der Waals surface area contributed by atoms with Crippen molar-refractivity contribution >= 4 is 39.3 Å². The highest BCUT2D eigenvalue weighted by atomic mass is 15.3. The molecule has 6 aromatic rings. The molecule has 0 aliphatic heterocycles. The van der Waals surface area contributed by atoms with Gasteiger partial charge in [-0.15, -0.1) is 0 Å². The third-order valence-electron chi connectivity index (χ3n) is 6.32. The quantitative estimate of drug-likeness (QED) is 0.327. The van der Waals surface area contributed by atoms with E-state index in [1.54, 1.807) is 0 Å². The van der Waals surface area contributed by atoms with E-state index in [1.165, 1.54) is 5.56 Å². The number of nitrogens with zero attached hydrogens (tertiary/aromatic N) is 5. The van der Waals surface area contributed by atoms with Crippen molar-refractivity contribution in [2.24, 2.45) is 7.05 Å². The summed E-state index contributed by atoms with van der Waals surface area (Å²) in [5, 5.41) is 13.5. The summed E-state index contributed by atoms with van der Waals surface area (Å²) in [6.07, 6.45) is 5.94. The van der Waals surface area contributed by atoms with Crippen LogP contribution in [0, 0.1) is 6.92 Å². The van der Waals surface area contributed by atoms with Gasteiger partial charge in [0.2, 0.25) is 5.95 Å². The molecule has 3 heterocycles. The molecule has 0 aliphatic rings. The lowest BCUT2D eigenvalue weighted by Gasteiger charge is -2.11. The van der Waals surface area contributed by atoms with E-state index in [9.17, 15) is 0 Å². The first-order valence-electron chi connectivity index (χ1n) is 11.5. The Morgan fingerprint density at radius 3 is 2.60 bits per heavy atom. The van der Waals surface area contributed by atoms with Crippen LogP contribution in [0.3, 0.4) is 0 Å². The fourth-order valence-electron chi connectivity index (χ4n) is 4.63. The summed E-state index contributed by atoms with van der Waals surface area (Å²) in [4.78, 5) is 8.94. The summed E-state index contributed by atoms with van der Waals surface area (Å²) in [6.45, 7) is 2.14. The van der Waals surface area contributed by atoms with E-state index in [0.29, 0.717) is 5.95 Å². The first-order valence-corrected chi connectivity index (χ1v) is 11.5. The van der Waals surface area contributed by atoms with E-state index in [2.05, 4.69) is 80.6 Å². The molecule has 7 heteroatoms. The van der Waals surface area contributed by atoms with Crippen molar-refractivity contribution in [3.8, 4) is 16.8 Å². The van der Waals surface area contributed by atoms with Crippen LogP contribution >= 0.6 is 0 Å². The molecule has 3 aromatic carbocycles. The van der Waals surface area contributed by atoms with Crippen molar-refractivity contribution < 1.29 is 0 Å². The number of nitrogens with one attached hydrogen (secondary N) is 2. The minimum Gasteiger partial charge on any atom is -0.357 e. The zero-order chi connectivity index (χ0) is 23.9. The maximum absolute atomic E-state index is 4.86. The van der Waals surface area contributed by atoms with Gasteiger partial charge in [-0.05, 0) is 66.6 Å². The number of fused-ring (bicyclic) bond motifs is 2. The molecular weight excluding hydrogens is 434 g/mol. The number of aryl methyl sites for hydroxylation is 2. The van der Waals surface area contributed by atoms with Crippen LogP contribution in [-0.2, 0) is 7.05 Å². The molecule has 0 unspecified atom stereocenters. The Morgan fingerprint density at radius 1 is 0.914 bits per heavy atom. The number of anilines is 3. The predicted octanol–water partition coefficient (Wildman–Crippen LogP) is 6.07. The Bertz CT molecular complexity index is 1680. The van der Waals surface area contributed by atoms with E-state index >= 15 is 0 Å². The third-order valence-corrected chi connectivity index (χ3v) is 6.32. The van der Waals surface area contributed by atoms with Crippen LogP contribution in [0.15, 0.2) is 85.3 Å². The number of hydrogen-bond acceptors (Lipinski definition) is 5. The molecule has 0 fully saturated rings. The van der Waals surface area contributed by atoms with Crippen LogP contribution in [0.2, 0.25) is 0 Å². The molecular formula is C28H25N7. The van der Waals surface area contributed by atoms with Crippen LogP contribution in [0.4, 0.5) is 17.5 Å². The molecule has 0 saturated heterocycles. The van der Waals surface area contributed by atoms with Crippen molar-refractivity contribution in [3.05, 3.63) is 90.9 Å². The highest BCUT2D eigenvalue weighted by Crippen LogP contribution is 2.37. The number of rotatable bonds is 5. The number of benzene rings is 3. The second-order valence-electron chi connectivity index (χ2n) is 8.61. The molecule has 7 nitrogen and oxygen atoms in total. The van der Waals surface area contributed by atoms with E-state index in [-0.39, 0.29) is 0 Å². The van der Waals surface area contributed by atoms with Gasteiger partial charge in [0.15, 0.2) is 5.82 Å². The molecule has 0 aliphatic carbocycles. The molecule has 0 bridgehead atoms. The molecule has 172 valence electrons. The minimum atomic E-state index is 0.617. The zero-order valence-electron chi connectivity index (χ0n) is 19.8. The summed E-state index contributed by atoms with van der Waals surface area (Å²) in [7, 11) is 3.82. The molecule has 0 amide bonds. The largest absolute Gasteiger partial charge is 0.357 e. The van der Waals surface area contributed by atoms with Crippen molar-refractivity contribution in [2.75, 3.05) is 17.7 Å². The van der Waals surface area contributed by atoms with Gasteiger partial charge in [-0.1, -0.05) is 18.2 Å². The monoisotopic (exact) mass is 459 g/mol. The molecule has 3 aromatic heterocycles. The van der Waals surface area contributed by atoms with Gasteiger partial charge in [0.25, 0.3) is 0 Å². The van der Waals surface area contributed by atoms with Gasteiger partial charge in [-0.25, -0.2) is 9.97 Å². The lowest BCUT2D eigenvalue weighted by molar-refractivity contribution is 0.801. The lowest BCUT2D eigenvalue weighted by Crippen LogP contribution is -1.97. The van der Waals surface area contributed by atoms with Gasteiger partial charge in [0, 0.05) is 60.4 Å². The Kier molecular flexibility index (Phi) is 4.95. The molecule has 0 atom stereocenters. The Labute approximate surface area is 203 Å². The van der Waals surface area contributed by atoms with Crippen LogP contribution in [0.25, 0.3) is 38.6 Å². The summed E-state index contributed by atoms with van der Waals surface area (Å²) < 4.78 is 4.05. The normalized spacial score (nSPS) is 11.3. The van der Waals surface area contributed by atoms with Crippen LogP contribution in [0.1, 0.15) is 5.56 Å². The van der Waals surface area contributed by atoms with Gasteiger partial charge >= 0.3 is 0 Å². The van der Waals surface area contributed by atoms with Gasteiger partial charge in [-0.3, -0.25) is 4.68 Å². The standard InChI is InChI=1S/C28H25N7/c1-18-9-11-23-26(25(18)19-10-12-24-20(15-19)17-30-28(29-2)32-24)34(3)33-27(23)31-21-7-6-8-22(16-21)35-13-4-5-14-35/h4-17H,1-3H3,(H,31,33)(H,29,30,32). The van der Waals surface area contributed by atoms with E-state index < -0.39 is 0 Å². The smallest absolute Gasteiger partial charge is 0.222 e. The molecule has 0 radical (unpaired) electrons. The van der Waals surface area contributed by atoms with Gasteiger partial charge in [-0.2, -0.15) is 5.10 Å². The van der Waals surface area contributed by atoms with Gasteiger partial charge < -0.3 is 15.2 Å². The molecule has 0 spiro atoms. The SMILES string of the molecule is CNc1ncc2cc(-c3c(C)ccc4c(Nc5cccc(-n6cccc6)c5)nn(C)c34)ccc2n1. The molecule has 2 N–H and O–H groups in total. The molecule has 0 saturated carbocycles. The van der Waals surface area contributed by atoms with Crippen molar-refractivity contribution in [2.45, 2.75) is 6.92 Å². The van der Waals surface area contributed by atoms with Crippen molar-refractivity contribution in [1.29, 1.82) is 0 Å². The first kappa shape index (κ1) is 20.9. The fraction of sp³-hybridized carbons (Fsp3) is 0.107. The summed E-state index contributed by atoms with van der Waals surface area (Å²) in [5.41, 5.74) is 7.54. The van der Waals surface area contributed by atoms with Crippen molar-refractivity contribution in [1.82, 2.24) is 24.3 Å². The highest BCUT2D eigenvalue weighted by molar-refractivity contribution is 6.03. The summed E-state index contributed by atoms with van der Waals surface area (Å²) >= 11 is 0. The summed E-state index contributed by atoms with van der Waals surface area (Å²) in [6, 6.07) is 23.0. The second-order valence-corrected chi connectivity index (χ2v) is 8.61. The number of aromatic nitrogens is 5. The lowest BCUT2D eigenvalue weighted by atomic mass is 9.96. The molecule has 6 rings (SSSR count). The molecule has 35 heavy (non-hydrogen) atoms. The fourth-order valence-corrected chi connectivity index (χ4v) is 4.63. The maximum Gasteiger partial charge on any atom is 0.222 e. The minimum absolute atomic E-state index is 0.617. The van der Waals surface area contributed by atoms with Crippen LogP contribution in [-0.4, -0.2) is 31.4 Å². The number of hydrogen-bond donors (Lipinski definition) is 2. The highest BCUT2D eigenvalue weighted by Gasteiger charge is 2.17. The topological polar surface area (TPSA) is 72.6 Å². The Hall–Kier alpha value is -4.65. The predicted molar refractivity (Wildman–Crippen MR) is 143 cm³/mol. The first-order chi connectivity index (χ1) is 17.1. The zero-order valence-corrected chi connectivity index (χ0v) is 19.8. The Balaban J connectivity index is 1.44. The maximum atomic E-state index is 4.86. The Morgan fingerprint density at radius 2 is 1.77 bits per heavy atom. The average molecular weight is 460 g/mol. The van der Waals surface area contributed by atoms with Crippen LogP contribution < -0.4 is 10.6 Å². The van der Waals surface area contributed by atoms with Crippen LogP contribution in [0.5, 0.6) is 0 Å². The second kappa shape index (κ2) is 8.29. The van der Waals surface area contributed by atoms with E-state index in [1.807, 2.05) is 55.6 Å². The third kappa shape index (κ3) is 3.67. The van der Waals surface area contributed by atoms with E-state index in [4.69, 9.17) is 5.10 Å². The van der Waals surface area contributed by atoms with E-state index in [0.717, 1.165) is 50.1 Å². The van der Waals surface area contributed by atoms with Gasteiger partial charge in [0.05, 0.1) is 11.0 Å². The van der Waals surface area contributed by atoms with Gasteiger partial charge in [0.1, 0.15) is 0 Å².